The Hall–Kier alpha value is -6.56. The predicted molar refractivity (Wildman–Crippen MR) is 228 cm³/mol. The summed E-state index contributed by atoms with van der Waals surface area (Å²) in [6.07, 6.45) is 0. The largest absolute Gasteiger partial charge is 0.310 e. The molecule has 2 aromatic heterocycles. The third-order valence-electron chi connectivity index (χ3n) is 11.3. The van der Waals surface area contributed by atoms with E-state index in [9.17, 15) is 0 Å². The van der Waals surface area contributed by atoms with Gasteiger partial charge in [0.2, 0.25) is 0 Å². The summed E-state index contributed by atoms with van der Waals surface area (Å²) in [5.41, 5.74) is 14.7. The predicted octanol–water partition coefficient (Wildman–Crippen LogP) is 11.2. The smallest absolute Gasteiger partial charge is 0.252 e. The normalized spacial score (nSPS) is 12.8. The molecule has 0 unspecified atom stereocenters. The Kier molecular flexibility index (Phi) is 6.02. The molecule has 8 aromatic carbocycles. The van der Waals surface area contributed by atoms with Gasteiger partial charge >= 0.3 is 0 Å². The second-order valence-corrected chi connectivity index (χ2v) is 15.2. The summed E-state index contributed by atoms with van der Waals surface area (Å²) in [4.78, 5) is 4.95. The van der Waals surface area contributed by atoms with Crippen LogP contribution in [-0.2, 0) is 0 Å². The van der Waals surface area contributed by atoms with Crippen LogP contribution in [0.3, 0.4) is 0 Å². The highest BCUT2D eigenvalue weighted by Crippen LogP contribution is 2.49. The quantitative estimate of drug-likeness (QED) is 0.170. The lowest BCUT2D eigenvalue weighted by Gasteiger charge is -2.43. The van der Waals surface area contributed by atoms with Crippen molar-refractivity contribution >= 4 is 111 Å². The number of benzene rings is 8. The fourth-order valence-electron chi connectivity index (χ4n) is 9.23. The van der Waals surface area contributed by atoms with E-state index in [0.717, 1.165) is 22.7 Å². The van der Waals surface area contributed by atoms with Crippen LogP contribution in [-0.4, -0.2) is 11.3 Å². The van der Waals surface area contributed by atoms with Crippen LogP contribution in [0.15, 0.2) is 182 Å². The minimum atomic E-state index is 0.0481. The summed E-state index contributed by atoms with van der Waals surface area (Å²) >= 11 is 1.89. The van der Waals surface area contributed by atoms with E-state index in [4.69, 9.17) is 0 Å². The molecule has 0 aliphatic carbocycles. The Labute approximate surface area is 311 Å². The lowest BCUT2D eigenvalue weighted by molar-refractivity contribution is 1.17. The van der Waals surface area contributed by atoms with Crippen LogP contribution in [0.1, 0.15) is 0 Å². The number of rotatable bonds is 4. The molecule has 0 radical (unpaired) electrons. The molecule has 5 heteroatoms. The van der Waals surface area contributed by atoms with Gasteiger partial charge in [0.25, 0.3) is 6.71 Å². The number of hydrogen-bond acceptors (Lipinski definition) is 3. The van der Waals surface area contributed by atoms with Crippen LogP contribution in [0.4, 0.5) is 34.1 Å². The number of fused-ring (bicyclic) bond motifs is 10. The Balaban J connectivity index is 1.26. The highest BCUT2D eigenvalue weighted by molar-refractivity contribution is 7.25. The summed E-state index contributed by atoms with van der Waals surface area (Å²) in [6, 6.07) is 67.0. The van der Waals surface area contributed by atoms with E-state index < -0.39 is 0 Å². The minimum absolute atomic E-state index is 0.0481. The van der Waals surface area contributed by atoms with Crippen LogP contribution < -0.4 is 26.2 Å². The maximum Gasteiger partial charge on any atom is 0.252 e. The molecular formula is C48H30BN3S. The Morgan fingerprint density at radius 1 is 0.472 bits per heavy atom. The molecule has 0 amide bonds. The molecule has 0 saturated carbocycles. The maximum atomic E-state index is 2.58. The molecule has 4 heterocycles. The molecule has 0 N–H and O–H groups in total. The van der Waals surface area contributed by atoms with E-state index in [-0.39, 0.29) is 6.71 Å². The molecule has 10 aromatic rings. The van der Waals surface area contributed by atoms with Crippen molar-refractivity contribution in [3.63, 3.8) is 0 Å². The molecule has 0 fully saturated rings. The first-order valence-electron chi connectivity index (χ1n) is 18.2. The van der Waals surface area contributed by atoms with Gasteiger partial charge < -0.3 is 14.4 Å². The molecule has 0 bridgehead atoms. The topological polar surface area (TPSA) is 11.4 Å². The van der Waals surface area contributed by atoms with Crippen LogP contribution >= 0.6 is 11.3 Å². The van der Waals surface area contributed by atoms with Gasteiger partial charge in [-0.2, -0.15) is 0 Å². The SMILES string of the molecule is c1ccc(N(c2ccccc2)c2ccc3c4c2N(c2ccccc2)c2ccccc2B4c2cccc4c5cc6sc7ccccc7c6cc5n-3c24)cc1. The second kappa shape index (κ2) is 11.0. The van der Waals surface area contributed by atoms with E-state index in [1.165, 1.54) is 75.4 Å². The zero-order chi connectivity index (χ0) is 34.6. The van der Waals surface area contributed by atoms with E-state index in [2.05, 4.69) is 196 Å². The molecule has 2 aliphatic rings. The number of aromatic nitrogens is 1. The third kappa shape index (κ3) is 4.00. The number of anilines is 6. The van der Waals surface area contributed by atoms with Gasteiger partial charge in [-0.3, -0.25) is 0 Å². The molecule has 0 spiro atoms. The second-order valence-electron chi connectivity index (χ2n) is 14.1. The van der Waals surface area contributed by atoms with Gasteiger partial charge in [0.05, 0.1) is 16.9 Å². The fraction of sp³-hybridized carbons (Fsp3) is 0. The molecule has 2 aliphatic heterocycles. The van der Waals surface area contributed by atoms with Crippen LogP contribution in [0.2, 0.25) is 0 Å². The number of thiophene rings is 1. The lowest BCUT2D eigenvalue weighted by atomic mass is 9.33. The monoisotopic (exact) mass is 691 g/mol. The van der Waals surface area contributed by atoms with Crippen molar-refractivity contribution in [2.24, 2.45) is 0 Å². The standard InChI is InChI=1S/C48H30BN3S/c1-4-15-31(16-5-1)50(32-17-6-2-7-18-32)42-28-27-41-46-48(42)51(33-19-8-3-9-20-33)40-25-12-11-23-38(40)49(46)39-24-14-22-35-36-30-45-37(29-43(36)52(41)47(35)39)34-21-10-13-26-44(34)53-45/h1-30H. The summed E-state index contributed by atoms with van der Waals surface area (Å²) in [5, 5.41) is 5.26. The maximum absolute atomic E-state index is 2.58. The Morgan fingerprint density at radius 2 is 1.13 bits per heavy atom. The van der Waals surface area contributed by atoms with E-state index in [0.29, 0.717) is 0 Å². The van der Waals surface area contributed by atoms with E-state index >= 15 is 0 Å². The van der Waals surface area contributed by atoms with Crippen molar-refractivity contribution in [3.8, 4) is 5.69 Å². The van der Waals surface area contributed by atoms with E-state index in [1.807, 2.05) is 11.3 Å². The van der Waals surface area contributed by atoms with Crippen molar-refractivity contribution < 1.29 is 0 Å². The third-order valence-corrected chi connectivity index (χ3v) is 12.5. The van der Waals surface area contributed by atoms with Crippen molar-refractivity contribution in [1.29, 1.82) is 0 Å². The first-order chi connectivity index (χ1) is 26.3. The van der Waals surface area contributed by atoms with Gasteiger partial charge in [-0.05, 0) is 89.2 Å². The first kappa shape index (κ1) is 29.1. The van der Waals surface area contributed by atoms with Gasteiger partial charge in [-0.1, -0.05) is 109 Å². The highest BCUT2D eigenvalue weighted by atomic mass is 32.1. The molecule has 0 atom stereocenters. The fourth-order valence-corrected chi connectivity index (χ4v) is 10.4. The minimum Gasteiger partial charge on any atom is -0.310 e. The number of nitrogens with zero attached hydrogens (tertiary/aromatic N) is 3. The van der Waals surface area contributed by atoms with E-state index in [1.54, 1.807) is 0 Å². The van der Waals surface area contributed by atoms with Crippen molar-refractivity contribution in [1.82, 2.24) is 4.57 Å². The zero-order valence-corrected chi connectivity index (χ0v) is 29.5. The summed E-state index contributed by atoms with van der Waals surface area (Å²) in [6.45, 7) is 0.0481. The molecule has 12 rings (SSSR count). The molecular weight excluding hydrogens is 661 g/mol. The summed E-state index contributed by atoms with van der Waals surface area (Å²) in [7, 11) is 0. The van der Waals surface area contributed by atoms with Crippen LogP contribution in [0, 0.1) is 0 Å². The molecule has 3 nitrogen and oxygen atoms in total. The van der Waals surface area contributed by atoms with Crippen LogP contribution in [0.25, 0.3) is 47.7 Å². The lowest BCUT2D eigenvalue weighted by Crippen LogP contribution is -2.60. The zero-order valence-electron chi connectivity index (χ0n) is 28.6. The highest BCUT2D eigenvalue weighted by Gasteiger charge is 2.43. The molecule has 0 saturated heterocycles. The Morgan fingerprint density at radius 3 is 1.92 bits per heavy atom. The first-order valence-corrected chi connectivity index (χ1v) is 19.0. The van der Waals surface area contributed by atoms with Gasteiger partial charge in [0, 0.05) is 64.9 Å². The Bertz CT molecular complexity index is 3040. The van der Waals surface area contributed by atoms with Gasteiger partial charge in [0.15, 0.2) is 0 Å². The molecule has 53 heavy (non-hydrogen) atoms. The van der Waals surface area contributed by atoms with Crippen molar-refractivity contribution in [2.75, 3.05) is 9.80 Å². The number of hydrogen-bond donors (Lipinski definition) is 0. The molecule has 246 valence electrons. The van der Waals surface area contributed by atoms with Gasteiger partial charge in [-0.15, -0.1) is 11.3 Å². The van der Waals surface area contributed by atoms with Crippen LogP contribution in [0.5, 0.6) is 0 Å². The average molecular weight is 692 g/mol. The van der Waals surface area contributed by atoms with Gasteiger partial charge in [0.1, 0.15) is 0 Å². The van der Waals surface area contributed by atoms with Gasteiger partial charge in [-0.25, -0.2) is 0 Å². The van der Waals surface area contributed by atoms with Crippen molar-refractivity contribution in [3.05, 3.63) is 182 Å². The average Bonchev–Trinajstić information content (AvgIpc) is 3.75. The van der Waals surface area contributed by atoms with Crippen molar-refractivity contribution in [2.45, 2.75) is 0 Å². The number of para-hydroxylation sites is 5. The summed E-state index contributed by atoms with van der Waals surface area (Å²) < 4.78 is 5.25. The summed E-state index contributed by atoms with van der Waals surface area (Å²) in [5.74, 6) is 0.